The lowest BCUT2D eigenvalue weighted by Gasteiger charge is -2.18. The normalized spacial score (nSPS) is 24.9. The van der Waals surface area contributed by atoms with Gasteiger partial charge in [0.05, 0.1) is 6.61 Å². The lowest BCUT2D eigenvalue weighted by Crippen LogP contribution is -2.36. The quantitative estimate of drug-likeness (QED) is 0.710. The Morgan fingerprint density at radius 1 is 1.62 bits per heavy atom. The van der Waals surface area contributed by atoms with Gasteiger partial charge < -0.3 is 10.1 Å². The van der Waals surface area contributed by atoms with Crippen molar-refractivity contribution in [3.63, 3.8) is 0 Å². The fraction of sp³-hybridized carbons (Fsp3) is 1.00. The van der Waals surface area contributed by atoms with Crippen molar-refractivity contribution < 1.29 is 4.74 Å². The first kappa shape index (κ1) is 11.3. The van der Waals surface area contributed by atoms with E-state index in [1.54, 1.807) is 7.11 Å². The maximum absolute atomic E-state index is 5.14. The maximum atomic E-state index is 5.14. The van der Waals surface area contributed by atoms with Crippen LogP contribution in [0.25, 0.3) is 0 Å². The van der Waals surface area contributed by atoms with Crippen LogP contribution in [0.4, 0.5) is 0 Å². The van der Waals surface area contributed by atoms with Crippen molar-refractivity contribution in [2.24, 2.45) is 5.92 Å². The monoisotopic (exact) mass is 203 g/mol. The van der Waals surface area contributed by atoms with E-state index in [-0.39, 0.29) is 0 Å². The summed E-state index contributed by atoms with van der Waals surface area (Å²) in [6.07, 6.45) is 2.55. The van der Waals surface area contributed by atoms with Gasteiger partial charge in [-0.1, -0.05) is 6.92 Å². The largest absolute Gasteiger partial charge is 0.383 e. The zero-order valence-corrected chi connectivity index (χ0v) is 9.53. The SMILES string of the molecule is CCC(COC)NCC1CCSC1. The van der Waals surface area contributed by atoms with Crippen LogP contribution < -0.4 is 5.32 Å². The van der Waals surface area contributed by atoms with Crippen LogP contribution in [0.3, 0.4) is 0 Å². The van der Waals surface area contributed by atoms with Gasteiger partial charge in [0.25, 0.3) is 0 Å². The molecular formula is C10H21NOS. The van der Waals surface area contributed by atoms with Gasteiger partial charge >= 0.3 is 0 Å². The Kier molecular flexibility index (Phi) is 5.83. The summed E-state index contributed by atoms with van der Waals surface area (Å²) in [5, 5.41) is 3.57. The first-order chi connectivity index (χ1) is 6.36. The first-order valence-corrected chi connectivity index (χ1v) is 6.32. The fourth-order valence-electron chi connectivity index (χ4n) is 1.60. The highest BCUT2D eigenvalue weighted by Gasteiger charge is 2.16. The summed E-state index contributed by atoms with van der Waals surface area (Å²) in [6.45, 7) is 4.23. The molecule has 0 aromatic carbocycles. The van der Waals surface area contributed by atoms with Crippen LogP contribution in [-0.2, 0) is 4.74 Å². The van der Waals surface area contributed by atoms with Crippen molar-refractivity contribution in [1.82, 2.24) is 5.32 Å². The van der Waals surface area contributed by atoms with Gasteiger partial charge in [0.15, 0.2) is 0 Å². The van der Waals surface area contributed by atoms with Crippen molar-refractivity contribution in [3.05, 3.63) is 0 Å². The topological polar surface area (TPSA) is 21.3 Å². The van der Waals surface area contributed by atoms with Crippen molar-refractivity contribution in [3.8, 4) is 0 Å². The molecule has 1 aliphatic heterocycles. The van der Waals surface area contributed by atoms with Crippen LogP contribution in [0.15, 0.2) is 0 Å². The summed E-state index contributed by atoms with van der Waals surface area (Å²) < 4.78 is 5.14. The number of hydrogen-bond acceptors (Lipinski definition) is 3. The minimum atomic E-state index is 0.551. The molecule has 78 valence electrons. The van der Waals surface area contributed by atoms with E-state index in [4.69, 9.17) is 4.74 Å². The van der Waals surface area contributed by atoms with Gasteiger partial charge in [-0.25, -0.2) is 0 Å². The Balaban J connectivity index is 2.07. The second-order valence-electron chi connectivity index (χ2n) is 3.70. The first-order valence-electron chi connectivity index (χ1n) is 5.16. The molecule has 1 aliphatic rings. The van der Waals surface area contributed by atoms with Crippen LogP contribution >= 0.6 is 11.8 Å². The van der Waals surface area contributed by atoms with Crippen LogP contribution in [-0.4, -0.2) is 37.8 Å². The minimum Gasteiger partial charge on any atom is -0.383 e. The van der Waals surface area contributed by atoms with Crippen LogP contribution in [0, 0.1) is 5.92 Å². The third kappa shape index (κ3) is 4.34. The predicted molar refractivity (Wildman–Crippen MR) is 59.4 cm³/mol. The van der Waals surface area contributed by atoms with Crippen molar-refractivity contribution >= 4 is 11.8 Å². The molecule has 2 nitrogen and oxygen atoms in total. The van der Waals surface area contributed by atoms with Gasteiger partial charge in [-0.2, -0.15) is 11.8 Å². The zero-order valence-electron chi connectivity index (χ0n) is 8.71. The van der Waals surface area contributed by atoms with Gasteiger partial charge in [0, 0.05) is 13.2 Å². The van der Waals surface area contributed by atoms with E-state index in [2.05, 4.69) is 24.0 Å². The molecule has 3 heteroatoms. The number of thioether (sulfide) groups is 1. The Morgan fingerprint density at radius 3 is 3.00 bits per heavy atom. The fourth-order valence-corrected chi connectivity index (χ4v) is 2.88. The van der Waals surface area contributed by atoms with Crippen LogP contribution in [0.2, 0.25) is 0 Å². The standard InChI is InChI=1S/C10H21NOS/c1-3-10(7-12-2)11-6-9-4-5-13-8-9/h9-11H,3-8H2,1-2H3. The summed E-state index contributed by atoms with van der Waals surface area (Å²) in [7, 11) is 1.77. The molecular weight excluding hydrogens is 182 g/mol. The van der Waals surface area contributed by atoms with Crippen molar-refractivity contribution in [2.45, 2.75) is 25.8 Å². The van der Waals surface area contributed by atoms with Crippen molar-refractivity contribution in [1.29, 1.82) is 0 Å². The molecule has 2 unspecified atom stereocenters. The number of methoxy groups -OCH3 is 1. The Labute approximate surface area is 85.8 Å². The van der Waals surface area contributed by atoms with Gasteiger partial charge in [-0.05, 0) is 36.8 Å². The Bertz CT molecular complexity index is 126. The molecule has 0 spiro atoms. The summed E-state index contributed by atoms with van der Waals surface area (Å²) in [6, 6.07) is 0.551. The number of ether oxygens (including phenoxy) is 1. The number of nitrogens with one attached hydrogen (secondary N) is 1. The molecule has 1 N–H and O–H groups in total. The molecule has 0 radical (unpaired) electrons. The van der Waals surface area contributed by atoms with Gasteiger partial charge in [-0.3, -0.25) is 0 Å². The predicted octanol–water partition coefficient (Wildman–Crippen LogP) is 1.75. The van der Waals surface area contributed by atoms with E-state index < -0.39 is 0 Å². The zero-order chi connectivity index (χ0) is 9.52. The molecule has 1 saturated heterocycles. The maximum Gasteiger partial charge on any atom is 0.0615 e. The average molecular weight is 203 g/mol. The van der Waals surface area contributed by atoms with E-state index in [9.17, 15) is 0 Å². The summed E-state index contributed by atoms with van der Waals surface area (Å²) in [5.41, 5.74) is 0. The van der Waals surface area contributed by atoms with Crippen molar-refractivity contribution in [2.75, 3.05) is 31.8 Å². The summed E-state index contributed by atoms with van der Waals surface area (Å²) in [4.78, 5) is 0. The lowest BCUT2D eigenvalue weighted by molar-refractivity contribution is 0.162. The lowest BCUT2D eigenvalue weighted by atomic mass is 10.1. The Hall–Kier alpha value is 0.270. The van der Waals surface area contributed by atoms with E-state index in [1.807, 2.05) is 0 Å². The van der Waals surface area contributed by atoms with Gasteiger partial charge in [0.1, 0.15) is 0 Å². The van der Waals surface area contributed by atoms with E-state index >= 15 is 0 Å². The molecule has 2 atom stereocenters. The summed E-state index contributed by atoms with van der Waals surface area (Å²) >= 11 is 2.08. The molecule has 1 heterocycles. The number of hydrogen-bond donors (Lipinski definition) is 1. The molecule has 0 aliphatic carbocycles. The average Bonchev–Trinajstić information content (AvgIpc) is 2.64. The molecule has 1 fully saturated rings. The summed E-state index contributed by atoms with van der Waals surface area (Å²) in [5.74, 6) is 3.60. The third-order valence-electron chi connectivity index (χ3n) is 2.58. The highest BCUT2D eigenvalue weighted by atomic mass is 32.2. The molecule has 1 rings (SSSR count). The molecule has 0 amide bonds. The number of rotatable bonds is 6. The van der Waals surface area contributed by atoms with Crippen LogP contribution in [0.1, 0.15) is 19.8 Å². The molecule has 0 bridgehead atoms. The molecule has 13 heavy (non-hydrogen) atoms. The third-order valence-corrected chi connectivity index (χ3v) is 3.81. The second kappa shape index (κ2) is 6.68. The van der Waals surface area contributed by atoms with Crippen LogP contribution in [0.5, 0.6) is 0 Å². The van der Waals surface area contributed by atoms with Gasteiger partial charge in [0.2, 0.25) is 0 Å². The molecule has 0 aromatic rings. The van der Waals surface area contributed by atoms with E-state index in [0.29, 0.717) is 6.04 Å². The Morgan fingerprint density at radius 2 is 2.46 bits per heavy atom. The highest BCUT2D eigenvalue weighted by molar-refractivity contribution is 7.99. The minimum absolute atomic E-state index is 0.551. The smallest absolute Gasteiger partial charge is 0.0615 e. The highest BCUT2D eigenvalue weighted by Crippen LogP contribution is 2.22. The van der Waals surface area contributed by atoms with Gasteiger partial charge in [-0.15, -0.1) is 0 Å². The second-order valence-corrected chi connectivity index (χ2v) is 4.85. The molecule has 0 saturated carbocycles. The van der Waals surface area contributed by atoms with E-state index in [0.717, 1.165) is 18.9 Å². The van der Waals surface area contributed by atoms with E-state index in [1.165, 1.54) is 24.5 Å². The molecule has 0 aromatic heterocycles.